The molecule has 0 amide bonds. The van der Waals surface area contributed by atoms with Gasteiger partial charge in [0.1, 0.15) is 18.2 Å². The molecule has 0 spiro atoms. The molecule has 2 fully saturated rings. The van der Waals surface area contributed by atoms with Gasteiger partial charge >= 0.3 is 13.7 Å². The average Bonchev–Trinajstić information content (AvgIpc) is 3.69. The lowest BCUT2D eigenvalue weighted by molar-refractivity contribution is -0.143. The molecule has 5 rings (SSSR count). The maximum atomic E-state index is 12.9. The predicted octanol–water partition coefficient (Wildman–Crippen LogP) is 1.22. The number of hydrogen-bond donors (Lipinski definition) is 4. The minimum Gasteiger partial charge on any atom is -0.466 e. The zero-order valence-corrected chi connectivity index (χ0v) is 27.8. The predicted molar refractivity (Wildman–Crippen MR) is 172 cm³/mol. The van der Waals surface area contributed by atoms with Crippen molar-refractivity contribution in [3.05, 3.63) is 40.3 Å². The SMILES string of the molecule is Cc1nccn1P(=O)(O)OC[C@H]1O[C@@H](n2cc(C#CCCC(=O)OCCCC3CN(C)CCCN3C)c3c(=O)[nH]c(N)nc32)C[C@H]1O. The number of aromatic nitrogens is 5. The van der Waals surface area contributed by atoms with E-state index in [1.54, 1.807) is 17.7 Å². The van der Waals surface area contributed by atoms with Crippen LogP contribution in [0.1, 0.15) is 56.1 Å². The fourth-order valence-electron chi connectivity index (χ4n) is 5.97. The second-order valence-corrected chi connectivity index (χ2v) is 13.7. The summed E-state index contributed by atoms with van der Waals surface area (Å²) in [5, 5.41) is 10.9. The summed E-state index contributed by atoms with van der Waals surface area (Å²) < 4.78 is 31.9. The average molecular weight is 675 g/mol. The molecule has 2 unspecified atom stereocenters. The van der Waals surface area contributed by atoms with Gasteiger partial charge in [0.2, 0.25) is 5.95 Å². The van der Waals surface area contributed by atoms with Crippen LogP contribution in [0.5, 0.6) is 0 Å². The number of likely N-dealkylation sites (N-methyl/N-ethyl adjacent to an activating group) is 2. The first-order valence-electron chi connectivity index (χ1n) is 15.7. The van der Waals surface area contributed by atoms with Crippen molar-refractivity contribution < 1.29 is 33.4 Å². The smallest absolute Gasteiger partial charge is 0.437 e. The minimum atomic E-state index is -4.27. The van der Waals surface area contributed by atoms with Crippen LogP contribution in [0.25, 0.3) is 11.0 Å². The van der Waals surface area contributed by atoms with Gasteiger partial charge in [-0.25, -0.2) is 13.9 Å². The summed E-state index contributed by atoms with van der Waals surface area (Å²) in [6.45, 7) is 4.70. The number of nitrogens with one attached hydrogen (secondary N) is 1. The molecular formula is C30H43N8O8P. The third-order valence-electron chi connectivity index (χ3n) is 8.51. The van der Waals surface area contributed by atoms with Crippen LogP contribution in [0.15, 0.2) is 23.4 Å². The Kier molecular flexibility index (Phi) is 11.2. The van der Waals surface area contributed by atoms with Crippen LogP contribution in [-0.2, 0) is 23.4 Å². The number of nitrogens with zero attached hydrogens (tertiary/aromatic N) is 6. The number of carbonyl (C=O) groups excluding carboxylic acids is 1. The number of H-pyrrole nitrogens is 1. The largest absolute Gasteiger partial charge is 0.466 e. The molecule has 5 N–H and O–H groups in total. The summed E-state index contributed by atoms with van der Waals surface area (Å²) in [6, 6.07) is 0.440. The second-order valence-electron chi connectivity index (χ2n) is 12.1. The Morgan fingerprint density at radius 2 is 2.13 bits per heavy atom. The van der Waals surface area contributed by atoms with Crippen molar-refractivity contribution >= 4 is 30.7 Å². The number of fused-ring (bicyclic) bond motifs is 1. The first-order valence-corrected chi connectivity index (χ1v) is 17.2. The van der Waals surface area contributed by atoms with Crippen molar-refractivity contribution in [3.63, 3.8) is 0 Å². The maximum absolute atomic E-state index is 12.9. The molecule has 47 heavy (non-hydrogen) atoms. The van der Waals surface area contributed by atoms with Crippen molar-refractivity contribution in [2.75, 3.05) is 52.7 Å². The normalized spacial score (nSPS) is 23.7. The van der Waals surface area contributed by atoms with Crippen molar-refractivity contribution in [2.24, 2.45) is 0 Å². The van der Waals surface area contributed by atoms with Crippen LogP contribution in [0.3, 0.4) is 0 Å². The van der Waals surface area contributed by atoms with E-state index < -0.39 is 31.7 Å². The van der Waals surface area contributed by atoms with Gasteiger partial charge in [-0.05, 0) is 53.4 Å². The Hall–Kier alpha value is -3.55. The number of ether oxygens (including phenoxy) is 2. The maximum Gasteiger partial charge on any atom is 0.437 e. The summed E-state index contributed by atoms with van der Waals surface area (Å²) in [7, 11) is 0.00899. The molecule has 2 aliphatic heterocycles. The lowest BCUT2D eigenvalue weighted by atomic mass is 10.1. The number of rotatable bonds is 11. The van der Waals surface area contributed by atoms with Gasteiger partial charge < -0.3 is 39.6 Å². The molecule has 16 nitrogen and oxygen atoms in total. The van der Waals surface area contributed by atoms with E-state index in [0.29, 0.717) is 24.0 Å². The highest BCUT2D eigenvalue weighted by Crippen LogP contribution is 2.45. The highest BCUT2D eigenvalue weighted by molar-refractivity contribution is 7.51. The number of esters is 1. The van der Waals surface area contributed by atoms with Gasteiger partial charge in [-0.2, -0.15) is 4.98 Å². The number of nitrogen functional groups attached to an aromatic ring is 1. The summed E-state index contributed by atoms with van der Waals surface area (Å²) >= 11 is 0. The van der Waals surface area contributed by atoms with Crippen molar-refractivity contribution in [3.8, 4) is 11.8 Å². The zero-order valence-electron chi connectivity index (χ0n) is 26.9. The number of aliphatic hydroxyl groups excluding tert-OH is 1. The van der Waals surface area contributed by atoms with Gasteiger partial charge in [-0.1, -0.05) is 11.8 Å². The van der Waals surface area contributed by atoms with Crippen LogP contribution in [0, 0.1) is 18.8 Å². The Bertz CT molecular complexity index is 1730. The Balaban J connectivity index is 1.18. The van der Waals surface area contributed by atoms with Gasteiger partial charge in [0.15, 0.2) is 5.65 Å². The molecule has 256 valence electrons. The monoisotopic (exact) mass is 674 g/mol. The zero-order chi connectivity index (χ0) is 33.7. The van der Waals surface area contributed by atoms with Crippen LogP contribution in [0.4, 0.5) is 5.95 Å². The van der Waals surface area contributed by atoms with Gasteiger partial charge in [0.25, 0.3) is 5.56 Å². The molecule has 17 heteroatoms. The Morgan fingerprint density at radius 3 is 2.89 bits per heavy atom. The fourth-order valence-corrected chi connectivity index (χ4v) is 7.08. The number of hydrogen-bond acceptors (Lipinski definition) is 12. The van der Waals surface area contributed by atoms with Crippen molar-refractivity contribution in [1.29, 1.82) is 0 Å². The molecule has 3 aromatic heterocycles. The van der Waals surface area contributed by atoms with Gasteiger partial charge in [0.05, 0.1) is 36.7 Å². The first kappa shape index (κ1) is 34.8. The number of aryl methyl sites for hydroxylation is 1. The highest BCUT2D eigenvalue weighted by atomic mass is 31.2. The lowest BCUT2D eigenvalue weighted by Crippen LogP contribution is -2.37. The van der Waals surface area contributed by atoms with E-state index in [1.165, 1.54) is 12.4 Å². The van der Waals surface area contributed by atoms with E-state index in [-0.39, 0.29) is 48.8 Å². The summed E-state index contributed by atoms with van der Waals surface area (Å²) in [5.74, 6) is 5.73. The third kappa shape index (κ3) is 8.49. The molecular weight excluding hydrogens is 631 g/mol. The molecule has 5 heterocycles. The lowest BCUT2D eigenvalue weighted by Gasteiger charge is -2.27. The van der Waals surface area contributed by atoms with E-state index in [4.69, 9.17) is 19.7 Å². The number of nitrogens with two attached hydrogens (primary N) is 1. The summed E-state index contributed by atoms with van der Waals surface area (Å²) in [4.78, 5) is 51.0. The van der Waals surface area contributed by atoms with Crippen LogP contribution in [0.2, 0.25) is 0 Å². The molecule has 5 atom stereocenters. The number of aliphatic hydroxyl groups is 1. The summed E-state index contributed by atoms with van der Waals surface area (Å²) in [5.41, 5.74) is 5.86. The third-order valence-corrected chi connectivity index (χ3v) is 9.97. The van der Waals surface area contributed by atoms with Gasteiger partial charge in [0, 0.05) is 44.0 Å². The van der Waals surface area contributed by atoms with E-state index >= 15 is 0 Å². The molecule has 0 radical (unpaired) electrons. The molecule has 0 saturated carbocycles. The first-order chi connectivity index (χ1) is 22.4. The highest BCUT2D eigenvalue weighted by Gasteiger charge is 2.38. The van der Waals surface area contributed by atoms with Crippen molar-refractivity contribution in [1.82, 2.24) is 33.7 Å². The van der Waals surface area contributed by atoms with Crippen LogP contribution < -0.4 is 11.3 Å². The molecule has 0 aromatic carbocycles. The Morgan fingerprint density at radius 1 is 1.32 bits per heavy atom. The van der Waals surface area contributed by atoms with E-state index in [2.05, 4.69) is 50.7 Å². The van der Waals surface area contributed by atoms with Crippen molar-refractivity contribution in [2.45, 2.75) is 69.9 Å². The fraction of sp³-hybridized carbons (Fsp3) is 0.600. The number of aromatic amines is 1. The van der Waals surface area contributed by atoms with Gasteiger partial charge in [-0.15, -0.1) is 0 Å². The Labute approximate surface area is 272 Å². The number of carbonyl (C=O) groups is 1. The molecule has 2 aliphatic rings. The van der Waals surface area contributed by atoms with E-state index in [0.717, 1.165) is 43.2 Å². The molecule has 0 bridgehead atoms. The molecule has 2 saturated heterocycles. The number of imidazole rings is 1. The molecule has 0 aliphatic carbocycles. The second kappa shape index (κ2) is 15.1. The van der Waals surface area contributed by atoms with Gasteiger partial charge in [-0.3, -0.25) is 19.1 Å². The standard InChI is InChI=1S/C30H43N8O8P/c1-20-32-11-14-38(20)47(42,43)45-19-24-23(39)16-25(46-24)37-17-21(27-28(37)33-30(31)34-29(27)41)8-4-5-10-26(40)44-15-6-9-22-18-35(2)12-7-13-36(22)3/h11,14,17,22-25,39H,5-7,9-10,12-13,15-16,18-19H2,1-3H3,(H,42,43)(H3,31,33,34,41)/t22?,23-,24-,25-/m1/s1. The van der Waals surface area contributed by atoms with Crippen LogP contribution in [-0.4, -0.2) is 115 Å². The topological polar surface area (TPSA) is 203 Å². The van der Waals surface area contributed by atoms with E-state index in [9.17, 15) is 24.2 Å². The van der Waals surface area contributed by atoms with Crippen LogP contribution >= 0.6 is 7.75 Å². The minimum absolute atomic E-state index is 0.0818. The molecule has 3 aromatic rings. The quantitative estimate of drug-likeness (QED) is 0.0979. The summed E-state index contributed by atoms with van der Waals surface area (Å²) in [6.07, 6.45) is 4.78. The van der Waals surface area contributed by atoms with E-state index in [1.807, 2.05) is 0 Å². The number of anilines is 1.